The number of benzene rings is 1. The molecule has 23 heavy (non-hydrogen) atoms. The lowest BCUT2D eigenvalue weighted by atomic mass is 9.96. The molecule has 5 heteroatoms. The summed E-state index contributed by atoms with van der Waals surface area (Å²) in [6, 6.07) is 4.90. The van der Waals surface area contributed by atoms with Crippen molar-refractivity contribution in [3.63, 3.8) is 0 Å². The van der Waals surface area contributed by atoms with Crippen LogP contribution in [0.5, 0.6) is 0 Å². The molecule has 1 aromatic carbocycles. The molecule has 1 aliphatic carbocycles. The predicted octanol–water partition coefficient (Wildman–Crippen LogP) is 2.48. The maximum absolute atomic E-state index is 12.6. The number of fused-ring (bicyclic) bond motifs is 1. The summed E-state index contributed by atoms with van der Waals surface area (Å²) < 4.78 is 4.93. The zero-order chi connectivity index (χ0) is 17.0. The van der Waals surface area contributed by atoms with Crippen molar-refractivity contribution >= 4 is 17.5 Å². The zero-order valence-electron chi connectivity index (χ0n) is 13.6. The van der Waals surface area contributed by atoms with Crippen molar-refractivity contribution in [3.8, 4) is 0 Å². The summed E-state index contributed by atoms with van der Waals surface area (Å²) in [5, 5.41) is 10.5. The molecule has 0 heterocycles. The van der Waals surface area contributed by atoms with Crippen molar-refractivity contribution in [3.05, 3.63) is 34.9 Å². The number of hydrogen-bond donors (Lipinski definition) is 1. The van der Waals surface area contributed by atoms with E-state index in [4.69, 9.17) is 4.74 Å². The van der Waals surface area contributed by atoms with Gasteiger partial charge in [-0.05, 0) is 24.8 Å². The van der Waals surface area contributed by atoms with Crippen LogP contribution in [0.4, 0.5) is 0 Å². The minimum atomic E-state index is -2.72. The molecule has 2 rings (SSSR count). The summed E-state index contributed by atoms with van der Waals surface area (Å²) in [4.78, 5) is 37.2. The number of hydrogen-bond acceptors (Lipinski definition) is 5. The van der Waals surface area contributed by atoms with E-state index >= 15 is 0 Å². The topological polar surface area (TPSA) is 80.7 Å². The SMILES string of the molecule is CCCCOC(=O)C1(O)C(=O)c2cccc(CCCC)c2C1=O. The van der Waals surface area contributed by atoms with Crippen molar-refractivity contribution in [2.45, 2.75) is 51.6 Å². The van der Waals surface area contributed by atoms with Crippen molar-refractivity contribution in [1.82, 2.24) is 0 Å². The third-order valence-corrected chi connectivity index (χ3v) is 4.11. The van der Waals surface area contributed by atoms with Crippen LogP contribution in [0.15, 0.2) is 18.2 Å². The molecule has 1 unspecified atom stereocenters. The van der Waals surface area contributed by atoms with Crippen molar-refractivity contribution in [2.24, 2.45) is 0 Å². The molecular weight excluding hydrogens is 296 g/mol. The number of unbranched alkanes of at least 4 members (excludes halogenated alkanes) is 2. The van der Waals surface area contributed by atoms with Crippen LogP contribution in [0.2, 0.25) is 0 Å². The van der Waals surface area contributed by atoms with Gasteiger partial charge in [0, 0.05) is 11.1 Å². The van der Waals surface area contributed by atoms with Gasteiger partial charge in [0.25, 0.3) is 5.60 Å². The third-order valence-electron chi connectivity index (χ3n) is 4.11. The number of aryl methyl sites for hydroxylation is 1. The van der Waals surface area contributed by atoms with Gasteiger partial charge in [-0.2, -0.15) is 0 Å². The molecule has 0 saturated carbocycles. The average Bonchev–Trinajstić information content (AvgIpc) is 2.76. The third kappa shape index (κ3) is 2.93. The van der Waals surface area contributed by atoms with E-state index in [0.29, 0.717) is 18.4 Å². The molecule has 124 valence electrons. The molecule has 5 nitrogen and oxygen atoms in total. The molecule has 0 bridgehead atoms. The van der Waals surface area contributed by atoms with Gasteiger partial charge in [0.15, 0.2) is 0 Å². The minimum absolute atomic E-state index is 0.0806. The second kappa shape index (κ2) is 7.04. The van der Waals surface area contributed by atoms with Crippen LogP contribution >= 0.6 is 0 Å². The number of carbonyl (C=O) groups is 3. The van der Waals surface area contributed by atoms with Crippen molar-refractivity contribution < 1.29 is 24.2 Å². The van der Waals surface area contributed by atoms with E-state index in [-0.39, 0.29) is 17.7 Å². The van der Waals surface area contributed by atoms with Crippen LogP contribution in [0.25, 0.3) is 0 Å². The maximum Gasteiger partial charge on any atom is 0.354 e. The van der Waals surface area contributed by atoms with Crippen LogP contribution in [0.1, 0.15) is 65.8 Å². The largest absolute Gasteiger partial charge is 0.463 e. The van der Waals surface area contributed by atoms with E-state index in [9.17, 15) is 19.5 Å². The number of carbonyl (C=O) groups excluding carboxylic acids is 3. The lowest BCUT2D eigenvalue weighted by Crippen LogP contribution is -2.50. The Labute approximate surface area is 135 Å². The first kappa shape index (κ1) is 17.3. The summed E-state index contributed by atoms with van der Waals surface area (Å²) in [5.41, 5.74) is -1.75. The second-order valence-electron chi connectivity index (χ2n) is 5.80. The van der Waals surface area contributed by atoms with Gasteiger partial charge < -0.3 is 9.84 Å². The molecule has 0 fully saturated rings. The summed E-state index contributed by atoms with van der Waals surface area (Å²) in [6.45, 7) is 4.03. The molecule has 1 N–H and O–H groups in total. The van der Waals surface area contributed by atoms with E-state index in [0.717, 1.165) is 19.3 Å². The number of aliphatic hydroxyl groups is 1. The lowest BCUT2D eigenvalue weighted by molar-refractivity contribution is -0.156. The van der Waals surface area contributed by atoms with Crippen LogP contribution < -0.4 is 0 Å². The fourth-order valence-corrected chi connectivity index (χ4v) is 2.71. The Hall–Kier alpha value is -2.01. The molecule has 0 aromatic heterocycles. The highest BCUT2D eigenvalue weighted by Crippen LogP contribution is 2.34. The second-order valence-corrected chi connectivity index (χ2v) is 5.80. The Kier molecular flexibility index (Phi) is 5.31. The molecule has 0 aliphatic heterocycles. The van der Waals surface area contributed by atoms with Gasteiger partial charge in [0.1, 0.15) is 0 Å². The van der Waals surface area contributed by atoms with E-state index in [1.165, 1.54) is 6.07 Å². The number of esters is 1. The number of Topliss-reactive ketones (excluding diaryl/α,β-unsaturated/α-hetero) is 2. The average molecular weight is 318 g/mol. The fraction of sp³-hybridized carbons (Fsp3) is 0.500. The molecule has 0 amide bonds. The quantitative estimate of drug-likeness (QED) is 0.474. The van der Waals surface area contributed by atoms with Crippen LogP contribution in [0, 0.1) is 0 Å². The molecule has 1 aliphatic rings. The molecule has 1 aromatic rings. The minimum Gasteiger partial charge on any atom is -0.463 e. The van der Waals surface area contributed by atoms with Crippen molar-refractivity contribution in [2.75, 3.05) is 6.61 Å². The van der Waals surface area contributed by atoms with Gasteiger partial charge >= 0.3 is 5.97 Å². The highest BCUT2D eigenvalue weighted by molar-refractivity contribution is 6.41. The highest BCUT2D eigenvalue weighted by Gasteiger charge is 2.59. The smallest absolute Gasteiger partial charge is 0.354 e. The molecule has 1 atom stereocenters. The standard InChI is InChI=1S/C18H22O5/c1-3-5-8-12-9-7-10-13-14(12)16(20)18(22,15(13)19)17(21)23-11-6-4-2/h7,9-10,22H,3-6,8,11H2,1-2H3. The number of ketones is 2. The van der Waals surface area contributed by atoms with Gasteiger partial charge in [-0.3, -0.25) is 9.59 Å². The summed E-state index contributed by atoms with van der Waals surface area (Å²) in [7, 11) is 0. The first-order valence-corrected chi connectivity index (χ1v) is 8.09. The Morgan fingerprint density at radius 2 is 1.83 bits per heavy atom. The Bertz CT molecular complexity index is 634. The highest BCUT2D eigenvalue weighted by atomic mass is 16.6. The van der Waals surface area contributed by atoms with E-state index < -0.39 is 23.1 Å². The Balaban J connectivity index is 2.34. The van der Waals surface area contributed by atoms with Crippen LogP contribution in [-0.4, -0.2) is 34.9 Å². The van der Waals surface area contributed by atoms with E-state index in [2.05, 4.69) is 0 Å². The van der Waals surface area contributed by atoms with Gasteiger partial charge in [0.2, 0.25) is 11.6 Å². The normalized spacial score (nSPS) is 19.8. The van der Waals surface area contributed by atoms with Gasteiger partial charge in [-0.1, -0.05) is 44.9 Å². The van der Waals surface area contributed by atoms with E-state index in [1.807, 2.05) is 13.8 Å². The molecule has 0 spiro atoms. The van der Waals surface area contributed by atoms with Gasteiger partial charge in [-0.15, -0.1) is 0 Å². The summed E-state index contributed by atoms with van der Waals surface area (Å²) in [6.07, 6.45) is 3.83. The van der Waals surface area contributed by atoms with Crippen LogP contribution in [0.3, 0.4) is 0 Å². The molecular formula is C18H22O5. The molecule has 0 radical (unpaired) electrons. The van der Waals surface area contributed by atoms with Gasteiger partial charge in [0.05, 0.1) is 6.61 Å². The molecule has 0 saturated heterocycles. The lowest BCUT2D eigenvalue weighted by Gasteiger charge is -2.17. The monoisotopic (exact) mass is 318 g/mol. The number of rotatable bonds is 7. The van der Waals surface area contributed by atoms with Gasteiger partial charge in [-0.25, -0.2) is 4.79 Å². The summed E-state index contributed by atoms with van der Waals surface area (Å²) >= 11 is 0. The first-order chi connectivity index (χ1) is 11.0. The Morgan fingerprint density at radius 1 is 1.13 bits per heavy atom. The fourth-order valence-electron chi connectivity index (χ4n) is 2.71. The maximum atomic E-state index is 12.6. The zero-order valence-corrected chi connectivity index (χ0v) is 13.6. The first-order valence-electron chi connectivity index (χ1n) is 8.09. The summed E-state index contributed by atoms with van der Waals surface area (Å²) in [5.74, 6) is -2.90. The van der Waals surface area contributed by atoms with Crippen molar-refractivity contribution in [1.29, 1.82) is 0 Å². The Morgan fingerprint density at radius 3 is 2.48 bits per heavy atom. The predicted molar refractivity (Wildman–Crippen MR) is 84.5 cm³/mol. The van der Waals surface area contributed by atoms with E-state index in [1.54, 1.807) is 12.1 Å². The number of ether oxygens (including phenoxy) is 1. The van der Waals surface area contributed by atoms with Crippen LogP contribution in [-0.2, 0) is 16.0 Å².